The number of guanidine groups is 1. The molecule has 1 aromatic heterocycles. The van der Waals surface area contributed by atoms with Crippen LogP contribution >= 0.6 is 0 Å². The Hall–Kier alpha value is -2.54. The van der Waals surface area contributed by atoms with E-state index in [0.717, 1.165) is 35.9 Å². The van der Waals surface area contributed by atoms with Gasteiger partial charge in [-0.3, -0.25) is 9.67 Å². The van der Waals surface area contributed by atoms with E-state index in [1.54, 1.807) is 7.05 Å². The number of ether oxygens (including phenoxy) is 1. The Kier molecular flexibility index (Phi) is 8.51. The van der Waals surface area contributed by atoms with E-state index in [-0.39, 0.29) is 6.04 Å². The van der Waals surface area contributed by atoms with Crippen molar-refractivity contribution in [3.63, 3.8) is 0 Å². The number of likely N-dealkylation sites (N-methyl/N-ethyl adjacent to an activating group) is 1. The van der Waals surface area contributed by atoms with Gasteiger partial charge in [-0.25, -0.2) is 0 Å². The maximum absolute atomic E-state index is 5.95. The molecule has 0 radical (unpaired) electrons. The van der Waals surface area contributed by atoms with Gasteiger partial charge < -0.3 is 20.3 Å². The minimum atomic E-state index is 0.231. The van der Waals surface area contributed by atoms with Crippen molar-refractivity contribution < 1.29 is 4.74 Å². The number of hydrogen-bond acceptors (Lipinski definition) is 4. The Labute approximate surface area is 175 Å². The SMILES string of the molecule is CN=C(NCc1ccccc1OCCN(C)C)NC(C)Cc1c(C)nn(C)c1C. The third kappa shape index (κ3) is 6.78. The molecule has 0 aliphatic heterocycles. The molecule has 7 heteroatoms. The van der Waals surface area contributed by atoms with Gasteiger partial charge in [0.1, 0.15) is 12.4 Å². The second-order valence-electron chi connectivity index (χ2n) is 7.71. The van der Waals surface area contributed by atoms with Crippen LogP contribution in [0.2, 0.25) is 0 Å². The van der Waals surface area contributed by atoms with E-state index in [1.807, 2.05) is 44.0 Å². The van der Waals surface area contributed by atoms with E-state index < -0.39 is 0 Å². The van der Waals surface area contributed by atoms with Gasteiger partial charge in [0.05, 0.1) is 5.69 Å². The monoisotopic (exact) mass is 400 g/mol. The average Bonchev–Trinajstić information content (AvgIpc) is 2.91. The van der Waals surface area contributed by atoms with Gasteiger partial charge in [0.2, 0.25) is 0 Å². The number of rotatable bonds is 9. The molecule has 2 N–H and O–H groups in total. The van der Waals surface area contributed by atoms with Crippen molar-refractivity contribution >= 4 is 5.96 Å². The van der Waals surface area contributed by atoms with Gasteiger partial charge in [-0.05, 0) is 52.9 Å². The van der Waals surface area contributed by atoms with Gasteiger partial charge in [0.15, 0.2) is 5.96 Å². The Morgan fingerprint density at radius 2 is 2.00 bits per heavy atom. The fourth-order valence-corrected chi connectivity index (χ4v) is 3.21. The summed E-state index contributed by atoms with van der Waals surface area (Å²) in [5, 5.41) is 11.4. The van der Waals surface area contributed by atoms with Crippen LogP contribution in [0.4, 0.5) is 0 Å². The zero-order chi connectivity index (χ0) is 21.4. The van der Waals surface area contributed by atoms with Crippen molar-refractivity contribution in [3.05, 3.63) is 46.8 Å². The van der Waals surface area contributed by atoms with Crippen molar-refractivity contribution in [1.82, 2.24) is 25.3 Å². The summed E-state index contributed by atoms with van der Waals surface area (Å²) in [4.78, 5) is 6.49. The molecule has 0 amide bonds. The van der Waals surface area contributed by atoms with Crippen molar-refractivity contribution in [2.75, 3.05) is 34.3 Å². The quantitative estimate of drug-likeness (QED) is 0.499. The van der Waals surface area contributed by atoms with Crippen LogP contribution in [0.1, 0.15) is 29.4 Å². The zero-order valence-electron chi connectivity index (χ0n) is 18.9. The summed E-state index contributed by atoms with van der Waals surface area (Å²) in [6, 6.07) is 8.36. The van der Waals surface area contributed by atoms with Gasteiger partial charge in [-0.15, -0.1) is 0 Å². The largest absolute Gasteiger partial charge is 0.492 e. The second-order valence-corrected chi connectivity index (χ2v) is 7.71. The summed E-state index contributed by atoms with van der Waals surface area (Å²) in [6.45, 7) is 8.54. The lowest BCUT2D eigenvalue weighted by Gasteiger charge is -2.19. The molecular weight excluding hydrogens is 364 g/mol. The van der Waals surface area contributed by atoms with Crippen molar-refractivity contribution in [1.29, 1.82) is 0 Å². The van der Waals surface area contributed by atoms with Crippen LogP contribution in [0.3, 0.4) is 0 Å². The molecule has 0 bridgehead atoms. The Balaban J connectivity index is 1.92. The van der Waals surface area contributed by atoms with Crippen LogP contribution in [0, 0.1) is 13.8 Å². The fraction of sp³-hybridized carbons (Fsp3) is 0.545. The number of aliphatic imine (C=N–C) groups is 1. The molecule has 1 heterocycles. The standard InChI is InChI=1S/C22H36N6O/c1-16(14-20-17(2)26-28(7)18(20)3)25-22(23-4)24-15-19-10-8-9-11-21(19)29-13-12-27(5)6/h8-11,16H,12-15H2,1-7H3,(H2,23,24,25). The molecule has 29 heavy (non-hydrogen) atoms. The van der Waals surface area contributed by atoms with Crippen LogP contribution in [0.15, 0.2) is 29.3 Å². The number of nitrogens with zero attached hydrogens (tertiary/aromatic N) is 4. The van der Waals surface area contributed by atoms with Crippen LogP contribution in [0.5, 0.6) is 5.75 Å². The first-order chi connectivity index (χ1) is 13.8. The molecule has 2 aromatic rings. The predicted molar refractivity (Wildman–Crippen MR) is 120 cm³/mol. The van der Waals surface area contributed by atoms with E-state index in [4.69, 9.17) is 4.74 Å². The van der Waals surface area contributed by atoms with Crippen LogP contribution in [-0.2, 0) is 20.0 Å². The highest BCUT2D eigenvalue weighted by Gasteiger charge is 2.14. The van der Waals surface area contributed by atoms with Crippen molar-refractivity contribution in [2.45, 2.75) is 39.8 Å². The maximum atomic E-state index is 5.95. The molecule has 2 rings (SSSR count). The first kappa shape index (κ1) is 22.7. The second kappa shape index (κ2) is 10.9. The molecule has 1 atom stereocenters. The third-order valence-corrected chi connectivity index (χ3v) is 4.99. The molecule has 0 aliphatic carbocycles. The van der Waals surface area contributed by atoms with E-state index in [2.05, 4.69) is 52.5 Å². The fourth-order valence-electron chi connectivity index (χ4n) is 3.21. The highest BCUT2D eigenvalue weighted by molar-refractivity contribution is 5.80. The Morgan fingerprint density at radius 3 is 2.62 bits per heavy atom. The number of aryl methyl sites for hydroxylation is 2. The summed E-state index contributed by atoms with van der Waals surface area (Å²) in [5.74, 6) is 1.69. The molecule has 0 spiro atoms. The number of hydrogen-bond donors (Lipinski definition) is 2. The summed E-state index contributed by atoms with van der Waals surface area (Å²) < 4.78 is 7.89. The van der Waals surface area contributed by atoms with Gasteiger partial charge >= 0.3 is 0 Å². The molecule has 0 saturated carbocycles. The minimum Gasteiger partial charge on any atom is -0.492 e. The summed E-state index contributed by atoms with van der Waals surface area (Å²) in [7, 11) is 7.87. The van der Waals surface area contributed by atoms with E-state index >= 15 is 0 Å². The van der Waals surface area contributed by atoms with Crippen molar-refractivity contribution in [2.24, 2.45) is 12.0 Å². The highest BCUT2D eigenvalue weighted by Crippen LogP contribution is 2.18. The minimum absolute atomic E-state index is 0.231. The van der Waals surface area contributed by atoms with Crippen molar-refractivity contribution in [3.8, 4) is 5.75 Å². The topological polar surface area (TPSA) is 66.7 Å². The number of benzene rings is 1. The van der Waals surface area contributed by atoms with Crippen LogP contribution in [-0.4, -0.2) is 61.0 Å². The number of aromatic nitrogens is 2. The lowest BCUT2D eigenvalue weighted by atomic mass is 10.1. The Morgan fingerprint density at radius 1 is 1.28 bits per heavy atom. The summed E-state index contributed by atoms with van der Waals surface area (Å²) in [6.07, 6.45) is 0.899. The van der Waals surface area contributed by atoms with Gasteiger partial charge in [-0.1, -0.05) is 18.2 Å². The lowest BCUT2D eigenvalue weighted by molar-refractivity contribution is 0.259. The Bertz CT molecular complexity index is 812. The maximum Gasteiger partial charge on any atom is 0.191 e. The van der Waals surface area contributed by atoms with Crippen LogP contribution < -0.4 is 15.4 Å². The highest BCUT2D eigenvalue weighted by atomic mass is 16.5. The molecule has 1 unspecified atom stereocenters. The molecule has 0 aliphatic rings. The molecule has 0 fully saturated rings. The van der Waals surface area contributed by atoms with Crippen LogP contribution in [0.25, 0.3) is 0 Å². The molecule has 7 nitrogen and oxygen atoms in total. The smallest absolute Gasteiger partial charge is 0.191 e. The van der Waals surface area contributed by atoms with Gasteiger partial charge in [0.25, 0.3) is 0 Å². The average molecular weight is 401 g/mol. The summed E-state index contributed by atoms with van der Waals surface area (Å²) in [5.41, 5.74) is 4.71. The molecular formula is C22H36N6O. The van der Waals surface area contributed by atoms with E-state index in [9.17, 15) is 0 Å². The molecule has 0 saturated heterocycles. The van der Waals surface area contributed by atoms with E-state index in [0.29, 0.717) is 13.2 Å². The van der Waals surface area contributed by atoms with E-state index in [1.165, 1.54) is 11.3 Å². The summed E-state index contributed by atoms with van der Waals surface area (Å²) >= 11 is 0. The van der Waals surface area contributed by atoms with Gasteiger partial charge in [0, 0.05) is 44.5 Å². The molecule has 1 aromatic carbocycles. The third-order valence-electron chi connectivity index (χ3n) is 4.99. The zero-order valence-corrected chi connectivity index (χ0v) is 18.9. The predicted octanol–water partition coefficient (Wildman–Crippen LogP) is 2.27. The molecule has 160 valence electrons. The normalized spacial score (nSPS) is 12.9. The first-order valence-electron chi connectivity index (χ1n) is 10.1. The number of nitrogens with one attached hydrogen (secondary N) is 2. The lowest BCUT2D eigenvalue weighted by Crippen LogP contribution is -2.42. The first-order valence-corrected chi connectivity index (χ1v) is 10.1. The number of para-hydroxylation sites is 1. The van der Waals surface area contributed by atoms with Gasteiger partial charge in [-0.2, -0.15) is 5.10 Å².